The molecule has 0 saturated heterocycles. The number of hydrogen-bond acceptors (Lipinski definition) is 7. The van der Waals surface area contributed by atoms with Crippen LogP contribution < -0.4 is 10.6 Å². The summed E-state index contributed by atoms with van der Waals surface area (Å²) in [7, 11) is 0. The van der Waals surface area contributed by atoms with Gasteiger partial charge in [0.1, 0.15) is 5.54 Å². The molecule has 0 aliphatic heterocycles. The molecule has 0 bridgehead atoms. The van der Waals surface area contributed by atoms with Crippen LogP contribution in [0.1, 0.15) is 33.3 Å². The predicted octanol–water partition coefficient (Wildman–Crippen LogP) is 3.69. The average molecular weight is 390 g/mol. The molecule has 1 aromatic carbocycles. The quantitative estimate of drug-likeness (QED) is 0.669. The molecule has 8 heteroatoms. The van der Waals surface area contributed by atoms with E-state index in [1.165, 1.54) is 23.1 Å². The van der Waals surface area contributed by atoms with E-state index in [0.717, 1.165) is 5.56 Å². The van der Waals surface area contributed by atoms with E-state index in [0.29, 0.717) is 16.0 Å². The number of aromatic nitrogens is 2. The van der Waals surface area contributed by atoms with Crippen molar-refractivity contribution in [3.8, 4) is 6.07 Å². The lowest BCUT2D eigenvalue weighted by molar-refractivity contribution is -0.121. The number of nitrogens with zero attached hydrogens (tertiary/aromatic N) is 3. The van der Waals surface area contributed by atoms with Crippen LogP contribution in [0.15, 0.2) is 34.7 Å². The second-order valence-electron chi connectivity index (χ2n) is 6.43. The third kappa shape index (κ3) is 5.44. The molecule has 0 saturated carbocycles. The van der Waals surface area contributed by atoms with E-state index in [1.807, 2.05) is 44.2 Å². The number of carbonyl (C=O) groups is 1. The molecule has 0 fully saturated rings. The van der Waals surface area contributed by atoms with Crippen molar-refractivity contribution < 1.29 is 4.79 Å². The Morgan fingerprint density at radius 3 is 2.62 bits per heavy atom. The van der Waals surface area contributed by atoms with Gasteiger partial charge in [-0.2, -0.15) is 5.26 Å². The maximum absolute atomic E-state index is 12.4. The van der Waals surface area contributed by atoms with Crippen molar-refractivity contribution in [2.75, 3.05) is 5.32 Å². The van der Waals surface area contributed by atoms with Crippen molar-refractivity contribution in [3.05, 3.63) is 35.9 Å². The summed E-state index contributed by atoms with van der Waals surface area (Å²) in [6.07, 6.45) is 0. The van der Waals surface area contributed by atoms with Crippen LogP contribution in [0.3, 0.4) is 0 Å². The number of hydrogen-bond donors (Lipinski definition) is 2. The highest BCUT2D eigenvalue weighted by molar-refractivity contribution is 8.02. The van der Waals surface area contributed by atoms with Crippen LogP contribution in [0.5, 0.6) is 0 Å². The van der Waals surface area contributed by atoms with E-state index in [-0.39, 0.29) is 17.1 Å². The highest BCUT2D eigenvalue weighted by Gasteiger charge is 2.32. The van der Waals surface area contributed by atoms with Gasteiger partial charge < -0.3 is 10.6 Å². The van der Waals surface area contributed by atoms with Crippen molar-refractivity contribution in [2.24, 2.45) is 5.92 Å². The van der Waals surface area contributed by atoms with Crippen molar-refractivity contribution in [1.82, 2.24) is 15.5 Å². The minimum absolute atomic E-state index is 0.0176. The molecule has 2 rings (SSSR count). The first-order valence-corrected chi connectivity index (χ1v) is 10.0. The molecule has 2 atom stereocenters. The third-order valence-corrected chi connectivity index (χ3v) is 6.17. The molecule has 6 nitrogen and oxygen atoms in total. The largest absolute Gasteiger partial charge is 0.356 e. The van der Waals surface area contributed by atoms with Gasteiger partial charge in [-0.1, -0.05) is 67.3 Å². The molecule has 1 aromatic heterocycles. The molecule has 1 amide bonds. The molecular weight excluding hydrogens is 366 g/mol. The Morgan fingerprint density at radius 2 is 2.00 bits per heavy atom. The Kier molecular flexibility index (Phi) is 7.00. The van der Waals surface area contributed by atoms with E-state index in [9.17, 15) is 10.1 Å². The zero-order valence-electron chi connectivity index (χ0n) is 15.3. The van der Waals surface area contributed by atoms with Crippen LogP contribution in [-0.2, 0) is 11.3 Å². The molecule has 138 valence electrons. The minimum atomic E-state index is -0.880. The SMILES string of the molecule is CC(C)[C@](C)(C#N)NC(=O)[C@@H](C)Sc1nnc(NCc2ccccc2)s1. The summed E-state index contributed by atoms with van der Waals surface area (Å²) in [4.78, 5) is 12.4. The van der Waals surface area contributed by atoms with Crippen LogP contribution in [0, 0.1) is 17.2 Å². The van der Waals surface area contributed by atoms with Gasteiger partial charge in [0, 0.05) is 6.54 Å². The van der Waals surface area contributed by atoms with E-state index < -0.39 is 5.54 Å². The maximum Gasteiger partial charge on any atom is 0.234 e. The number of nitriles is 1. The Bertz CT molecular complexity index is 771. The molecular formula is C18H23N5OS2. The number of thioether (sulfide) groups is 1. The fourth-order valence-corrected chi connectivity index (χ4v) is 3.86. The second-order valence-corrected chi connectivity index (χ2v) is 9.00. The van der Waals surface area contributed by atoms with E-state index >= 15 is 0 Å². The van der Waals surface area contributed by atoms with Crippen molar-refractivity contribution in [3.63, 3.8) is 0 Å². The highest BCUT2D eigenvalue weighted by Crippen LogP contribution is 2.29. The standard InChI is InChI=1S/C18H23N5OS2/c1-12(2)18(4,11-19)21-15(24)13(3)25-17-23-22-16(26-17)20-10-14-8-6-5-7-9-14/h5-9,12-13H,10H2,1-4H3,(H,20,22)(H,21,24)/t13-,18+/m1/s1. The van der Waals surface area contributed by atoms with Crippen LogP contribution in [0.25, 0.3) is 0 Å². The molecule has 2 aromatic rings. The highest BCUT2D eigenvalue weighted by atomic mass is 32.2. The zero-order valence-corrected chi connectivity index (χ0v) is 16.9. The molecule has 0 radical (unpaired) electrons. The molecule has 0 aliphatic rings. The maximum atomic E-state index is 12.4. The summed E-state index contributed by atoms with van der Waals surface area (Å²) in [5.41, 5.74) is 0.282. The first kappa shape index (κ1) is 20.2. The topological polar surface area (TPSA) is 90.7 Å². The smallest absolute Gasteiger partial charge is 0.234 e. The number of carbonyl (C=O) groups excluding carboxylic acids is 1. The van der Waals surface area contributed by atoms with Crippen LogP contribution in [0.4, 0.5) is 5.13 Å². The normalized spacial score (nSPS) is 14.3. The van der Waals surface area contributed by atoms with Gasteiger partial charge in [0.25, 0.3) is 0 Å². The minimum Gasteiger partial charge on any atom is -0.356 e. The molecule has 0 unspecified atom stereocenters. The van der Waals surface area contributed by atoms with E-state index in [4.69, 9.17) is 0 Å². The first-order valence-electron chi connectivity index (χ1n) is 8.35. The lowest BCUT2D eigenvalue weighted by Gasteiger charge is -2.28. The van der Waals surface area contributed by atoms with Crippen molar-refractivity contribution in [1.29, 1.82) is 5.26 Å². The molecule has 2 N–H and O–H groups in total. The first-order chi connectivity index (χ1) is 12.3. The van der Waals surface area contributed by atoms with Gasteiger partial charge in [0.15, 0.2) is 4.34 Å². The van der Waals surface area contributed by atoms with Crippen LogP contribution in [0.2, 0.25) is 0 Å². The van der Waals surface area contributed by atoms with Crippen LogP contribution >= 0.6 is 23.1 Å². The Balaban J connectivity index is 1.89. The molecule has 0 spiro atoms. The van der Waals surface area contributed by atoms with Gasteiger partial charge >= 0.3 is 0 Å². The monoisotopic (exact) mass is 389 g/mol. The lowest BCUT2D eigenvalue weighted by Crippen LogP contribution is -2.51. The van der Waals surface area contributed by atoms with Gasteiger partial charge in [-0.05, 0) is 25.3 Å². The van der Waals surface area contributed by atoms with Gasteiger partial charge in [-0.25, -0.2) is 0 Å². The lowest BCUT2D eigenvalue weighted by atomic mass is 9.90. The van der Waals surface area contributed by atoms with Crippen LogP contribution in [-0.4, -0.2) is 26.9 Å². The number of nitrogens with one attached hydrogen (secondary N) is 2. The summed E-state index contributed by atoms with van der Waals surface area (Å²) in [5.74, 6) is -0.161. The fourth-order valence-electron chi connectivity index (χ4n) is 1.97. The van der Waals surface area contributed by atoms with Crippen molar-refractivity contribution in [2.45, 2.75) is 49.4 Å². The zero-order chi connectivity index (χ0) is 19.2. The summed E-state index contributed by atoms with van der Waals surface area (Å²) in [6, 6.07) is 12.2. The summed E-state index contributed by atoms with van der Waals surface area (Å²) in [6.45, 7) is 8.04. The fraction of sp³-hybridized carbons (Fsp3) is 0.444. The van der Waals surface area contributed by atoms with Gasteiger partial charge in [0.2, 0.25) is 11.0 Å². The van der Waals surface area contributed by atoms with Gasteiger partial charge in [-0.15, -0.1) is 10.2 Å². The van der Waals surface area contributed by atoms with E-state index in [1.54, 1.807) is 13.8 Å². The second kappa shape index (κ2) is 9.01. The molecule has 0 aliphatic carbocycles. The molecule has 26 heavy (non-hydrogen) atoms. The van der Waals surface area contributed by atoms with Gasteiger partial charge in [-0.3, -0.25) is 4.79 Å². The third-order valence-electron chi connectivity index (χ3n) is 4.11. The van der Waals surface area contributed by atoms with E-state index in [2.05, 4.69) is 26.9 Å². The Morgan fingerprint density at radius 1 is 1.31 bits per heavy atom. The predicted molar refractivity (Wildman–Crippen MR) is 106 cm³/mol. The average Bonchev–Trinajstić information content (AvgIpc) is 3.07. The number of benzene rings is 1. The summed E-state index contributed by atoms with van der Waals surface area (Å²) >= 11 is 2.75. The van der Waals surface area contributed by atoms with Gasteiger partial charge in [0.05, 0.1) is 11.3 Å². The number of anilines is 1. The number of rotatable bonds is 8. The Hall–Kier alpha value is -2.11. The number of amides is 1. The van der Waals surface area contributed by atoms with Crippen molar-refractivity contribution >= 4 is 34.1 Å². The summed E-state index contributed by atoms with van der Waals surface area (Å²) < 4.78 is 0.714. The molecule has 1 heterocycles. The summed E-state index contributed by atoms with van der Waals surface area (Å²) in [5, 5.41) is 24.0. The Labute approximate surface area is 162 Å².